The van der Waals surface area contributed by atoms with E-state index >= 15 is 0 Å². The lowest BCUT2D eigenvalue weighted by atomic mass is 10.2. The molecule has 0 atom stereocenters. The van der Waals surface area contributed by atoms with E-state index in [1.807, 2.05) is 24.3 Å². The van der Waals surface area contributed by atoms with E-state index in [4.69, 9.17) is 0 Å². The van der Waals surface area contributed by atoms with Gasteiger partial charge in [-0.3, -0.25) is 4.79 Å². The monoisotopic (exact) mass is 201 g/mol. The minimum atomic E-state index is -0.0184. The number of hydrogen-bond acceptors (Lipinski definition) is 4. The molecule has 0 aromatic heterocycles. The van der Waals surface area contributed by atoms with E-state index in [2.05, 4.69) is 15.4 Å². The Bertz CT molecular complexity index is 373. The predicted molar refractivity (Wildman–Crippen MR) is 59.5 cm³/mol. The number of ketones is 1. The van der Waals surface area contributed by atoms with Crippen LogP contribution >= 0.6 is 0 Å². The van der Waals surface area contributed by atoms with Gasteiger partial charge in [-0.15, -0.1) is 10.2 Å². The Kier molecular flexibility index (Phi) is 5.36. The fourth-order valence-electron chi connectivity index (χ4n) is 0.817. The molecule has 0 saturated carbocycles. The molecule has 0 aliphatic carbocycles. The zero-order chi connectivity index (χ0) is 10.8. The molecule has 1 heterocycles. The standard InChI is InChI=1S/C11H11N3O/c15-11-7-5-3-1-2-4-6-9-12-14-13-10-8-11/h1-6,8-10H,7H2/b2-1-,5-3-,6-4-,10-8-,12-9-,14-13+. The summed E-state index contributed by atoms with van der Waals surface area (Å²) in [5.74, 6) is -0.0184. The molecule has 0 N–H and O–H groups in total. The second-order valence-corrected chi connectivity index (χ2v) is 2.65. The van der Waals surface area contributed by atoms with E-state index in [0.29, 0.717) is 6.42 Å². The van der Waals surface area contributed by atoms with Crippen LogP contribution < -0.4 is 0 Å². The normalized spacial score (nSPS) is 29.7. The fourth-order valence-corrected chi connectivity index (χ4v) is 0.817. The molecule has 0 amide bonds. The number of rotatable bonds is 0. The van der Waals surface area contributed by atoms with E-state index in [1.54, 1.807) is 12.2 Å². The first kappa shape index (κ1) is 11.0. The highest BCUT2D eigenvalue weighted by atomic mass is 16.1. The van der Waals surface area contributed by atoms with Crippen LogP contribution in [0.2, 0.25) is 0 Å². The maximum atomic E-state index is 11.1. The summed E-state index contributed by atoms with van der Waals surface area (Å²) >= 11 is 0. The van der Waals surface area contributed by atoms with Crippen molar-refractivity contribution < 1.29 is 4.79 Å². The summed E-state index contributed by atoms with van der Waals surface area (Å²) in [5.41, 5.74) is 0. The number of allylic oxidation sites excluding steroid dienone is 7. The molecule has 0 unspecified atom stereocenters. The van der Waals surface area contributed by atoms with E-state index in [9.17, 15) is 4.79 Å². The van der Waals surface area contributed by atoms with Crippen molar-refractivity contribution in [2.75, 3.05) is 0 Å². The smallest absolute Gasteiger partial charge is 0.161 e. The van der Waals surface area contributed by atoms with Crippen molar-refractivity contribution in [3.63, 3.8) is 0 Å². The maximum Gasteiger partial charge on any atom is 0.161 e. The quantitative estimate of drug-likeness (QED) is 0.594. The number of carbonyl (C=O) groups is 1. The minimum absolute atomic E-state index is 0.0184. The van der Waals surface area contributed by atoms with Crippen molar-refractivity contribution >= 4 is 12.0 Å². The minimum Gasteiger partial charge on any atom is -0.294 e. The summed E-state index contributed by atoms with van der Waals surface area (Å²) < 4.78 is 0. The molecule has 0 spiro atoms. The van der Waals surface area contributed by atoms with Gasteiger partial charge < -0.3 is 0 Å². The van der Waals surface area contributed by atoms with Gasteiger partial charge in [0.15, 0.2) is 5.78 Å². The average molecular weight is 201 g/mol. The van der Waals surface area contributed by atoms with Crippen LogP contribution in [0, 0.1) is 0 Å². The molecule has 1 aliphatic rings. The highest BCUT2D eigenvalue weighted by molar-refractivity contribution is 5.90. The lowest BCUT2D eigenvalue weighted by Crippen LogP contribution is -1.87. The van der Waals surface area contributed by atoms with Crippen LogP contribution in [0.25, 0.3) is 0 Å². The summed E-state index contributed by atoms with van der Waals surface area (Å²) in [5, 5.41) is 10.6. The number of nitrogens with zero attached hydrogens (tertiary/aromatic N) is 3. The molecule has 4 nitrogen and oxygen atoms in total. The van der Waals surface area contributed by atoms with Crippen molar-refractivity contribution in [2.24, 2.45) is 15.4 Å². The first-order chi connectivity index (χ1) is 7.39. The van der Waals surface area contributed by atoms with Gasteiger partial charge in [0.1, 0.15) is 0 Å². The molecule has 0 fully saturated rings. The first-order valence-corrected chi connectivity index (χ1v) is 4.50. The molecular formula is C11H11N3O. The van der Waals surface area contributed by atoms with Crippen LogP contribution in [0.3, 0.4) is 0 Å². The zero-order valence-corrected chi connectivity index (χ0v) is 8.15. The fraction of sp³-hybridized carbons (Fsp3) is 0.0909. The average Bonchev–Trinajstić information content (AvgIpc) is 2.24. The van der Waals surface area contributed by atoms with Gasteiger partial charge in [-0.2, -0.15) is 0 Å². The van der Waals surface area contributed by atoms with Gasteiger partial charge >= 0.3 is 0 Å². The summed E-state index contributed by atoms with van der Waals surface area (Å²) in [6.07, 6.45) is 15.4. The van der Waals surface area contributed by atoms with Crippen LogP contribution in [-0.2, 0) is 4.79 Å². The Hall–Kier alpha value is -2.10. The van der Waals surface area contributed by atoms with E-state index in [1.165, 1.54) is 18.5 Å². The summed E-state index contributed by atoms with van der Waals surface area (Å²) in [7, 11) is 0. The van der Waals surface area contributed by atoms with Crippen LogP contribution in [-0.4, -0.2) is 12.0 Å². The summed E-state index contributed by atoms with van der Waals surface area (Å²) in [4.78, 5) is 11.1. The predicted octanol–water partition coefficient (Wildman–Crippen LogP) is 2.58. The molecule has 0 bridgehead atoms. The molecule has 0 aromatic carbocycles. The second kappa shape index (κ2) is 7.32. The molecule has 0 radical (unpaired) electrons. The second-order valence-electron chi connectivity index (χ2n) is 2.65. The molecule has 76 valence electrons. The highest BCUT2D eigenvalue weighted by Crippen LogP contribution is 1.91. The summed E-state index contributed by atoms with van der Waals surface area (Å²) in [6, 6.07) is 0. The number of hydrogen-bond donors (Lipinski definition) is 0. The Labute approximate surface area is 88.1 Å². The molecule has 1 aliphatic heterocycles. The van der Waals surface area contributed by atoms with Crippen molar-refractivity contribution in [3.05, 3.63) is 48.7 Å². The van der Waals surface area contributed by atoms with Crippen molar-refractivity contribution in [1.29, 1.82) is 0 Å². The van der Waals surface area contributed by atoms with Crippen LogP contribution in [0.5, 0.6) is 0 Å². The molecular weight excluding hydrogens is 190 g/mol. The summed E-state index contributed by atoms with van der Waals surface area (Å²) in [6.45, 7) is 0. The third-order valence-electron chi connectivity index (χ3n) is 1.48. The Balaban J connectivity index is 2.69. The van der Waals surface area contributed by atoms with E-state index < -0.39 is 0 Å². The molecule has 0 saturated heterocycles. The van der Waals surface area contributed by atoms with Crippen LogP contribution in [0.15, 0.2) is 64.2 Å². The SMILES string of the molecule is O=C1\C=C/N=N/N=C\C=C/C=C\C=C/C1. The molecule has 15 heavy (non-hydrogen) atoms. The van der Waals surface area contributed by atoms with Gasteiger partial charge in [0.25, 0.3) is 0 Å². The van der Waals surface area contributed by atoms with Gasteiger partial charge in [0, 0.05) is 12.5 Å². The Morgan fingerprint density at radius 3 is 2.80 bits per heavy atom. The van der Waals surface area contributed by atoms with Gasteiger partial charge in [-0.1, -0.05) is 30.4 Å². The number of carbonyl (C=O) groups excluding carboxylic acids is 1. The van der Waals surface area contributed by atoms with Gasteiger partial charge in [0.05, 0.1) is 12.4 Å². The molecule has 4 heteroatoms. The van der Waals surface area contributed by atoms with Crippen LogP contribution in [0.4, 0.5) is 0 Å². The first-order valence-electron chi connectivity index (χ1n) is 4.50. The van der Waals surface area contributed by atoms with Crippen LogP contribution in [0.1, 0.15) is 6.42 Å². The Morgan fingerprint density at radius 2 is 1.87 bits per heavy atom. The van der Waals surface area contributed by atoms with Gasteiger partial charge in [-0.05, 0) is 11.3 Å². The zero-order valence-electron chi connectivity index (χ0n) is 8.15. The topological polar surface area (TPSA) is 54.1 Å². The van der Waals surface area contributed by atoms with E-state index in [-0.39, 0.29) is 5.78 Å². The van der Waals surface area contributed by atoms with Gasteiger partial charge in [-0.25, -0.2) is 0 Å². The van der Waals surface area contributed by atoms with Gasteiger partial charge in [0.2, 0.25) is 0 Å². The third kappa shape index (κ3) is 6.04. The lowest BCUT2D eigenvalue weighted by Gasteiger charge is -1.84. The van der Waals surface area contributed by atoms with Crippen molar-refractivity contribution in [2.45, 2.75) is 6.42 Å². The maximum absolute atomic E-state index is 11.1. The molecule has 0 aromatic rings. The largest absolute Gasteiger partial charge is 0.294 e. The van der Waals surface area contributed by atoms with Crippen molar-refractivity contribution in [1.82, 2.24) is 0 Å². The Morgan fingerprint density at radius 1 is 1.07 bits per heavy atom. The third-order valence-corrected chi connectivity index (χ3v) is 1.48. The van der Waals surface area contributed by atoms with Crippen molar-refractivity contribution in [3.8, 4) is 0 Å². The van der Waals surface area contributed by atoms with E-state index in [0.717, 1.165) is 0 Å². The molecule has 1 rings (SSSR count). The highest BCUT2D eigenvalue weighted by Gasteiger charge is 1.89. The lowest BCUT2D eigenvalue weighted by molar-refractivity contribution is -0.113.